The molecule has 0 radical (unpaired) electrons. The number of hydrogen-bond donors (Lipinski definition) is 3. The molecule has 0 unspecified atom stereocenters. The fourth-order valence-electron chi connectivity index (χ4n) is 3.58. The summed E-state index contributed by atoms with van der Waals surface area (Å²) in [5.74, 6) is -0.583. The van der Waals surface area contributed by atoms with E-state index in [0.29, 0.717) is 27.8 Å². The third kappa shape index (κ3) is 5.01. The number of fused-ring (bicyclic) bond motifs is 1. The SMILES string of the molecule is COc1ccccc1NC(=O)c1cc2ccccc2c(N=Nc2cc(S(=O)(=O)O)c(Cl)cc2C)c1O. The van der Waals surface area contributed by atoms with E-state index in [0.717, 1.165) is 6.07 Å². The number of phenols is 1. The van der Waals surface area contributed by atoms with Gasteiger partial charge < -0.3 is 15.2 Å². The number of amides is 1. The van der Waals surface area contributed by atoms with Crippen molar-refractivity contribution < 1.29 is 27.6 Å². The van der Waals surface area contributed by atoms with E-state index in [1.807, 2.05) is 0 Å². The number of carbonyl (C=O) groups excluding carboxylic acids is 1. The molecule has 4 aromatic carbocycles. The Labute approximate surface area is 211 Å². The fraction of sp³-hybridized carbons (Fsp3) is 0.0800. The standard InChI is InChI=1S/C25H20ClN3O6S/c1-14-11-18(26)22(36(32,33)34)13-20(14)28-29-23-16-8-4-3-7-15(16)12-17(24(23)30)25(31)27-19-9-5-6-10-21(19)35-2/h3-13,30H,1-2H3,(H,27,31)(H,32,33,34). The van der Waals surface area contributed by atoms with Crippen molar-refractivity contribution in [3.63, 3.8) is 0 Å². The average molecular weight is 526 g/mol. The summed E-state index contributed by atoms with van der Waals surface area (Å²) in [4.78, 5) is 12.6. The van der Waals surface area contributed by atoms with Crippen LogP contribution >= 0.6 is 11.6 Å². The second-order valence-electron chi connectivity index (χ2n) is 7.74. The molecule has 3 N–H and O–H groups in total. The van der Waals surface area contributed by atoms with Crippen molar-refractivity contribution >= 4 is 55.5 Å². The minimum atomic E-state index is -4.60. The number of benzene rings is 4. The molecule has 184 valence electrons. The lowest BCUT2D eigenvalue weighted by Gasteiger charge is -2.13. The van der Waals surface area contributed by atoms with Crippen molar-refractivity contribution in [1.82, 2.24) is 0 Å². The van der Waals surface area contributed by atoms with E-state index in [4.69, 9.17) is 16.3 Å². The molecular weight excluding hydrogens is 506 g/mol. The lowest BCUT2D eigenvalue weighted by molar-refractivity contribution is 0.102. The summed E-state index contributed by atoms with van der Waals surface area (Å²) in [6.45, 7) is 1.63. The van der Waals surface area contributed by atoms with Gasteiger partial charge in [0.1, 0.15) is 16.3 Å². The van der Waals surface area contributed by atoms with Gasteiger partial charge in [0.05, 0.1) is 29.1 Å². The molecule has 4 aromatic rings. The highest BCUT2D eigenvalue weighted by Crippen LogP contribution is 2.40. The van der Waals surface area contributed by atoms with Gasteiger partial charge in [-0.1, -0.05) is 48.0 Å². The van der Waals surface area contributed by atoms with Gasteiger partial charge >= 0.3 is 0 Å². The van der Waals surface area contributed by atoms with Crippen LogP contribution < -0.4 is 10.1 Å². The zero-order chi connectivity index (χ0) is 26.0. The first-order valence-electron chi connectivity index (χ1n) is 10.5. The third-order valence-corrected chi connectivity index (χ3v) is 6.70. The molecule has 4 rings (SSSR count). The van der Waals surface area contributed by atoms with Crippen LogP contribution in [0.3, 0.4) is 0 Å². The Morgan fingerprint density at radius 2 is 1.72 bits per heavy atom. The van der Waals surface area contributed by atoms with Crippen LogP contribution in [0.5, 0.6) is 11.5 Å². The van der Waals surface area contributed by atoms with E-state index in [1.165, 1.54) is 19.2 Å². The van der Waals surface area contributed by atoms with E-state index < -0.39 is 26.7 Å². The molecule has 0 atom stereocenters. The molecule has 0 saturated heterocycles. The van der Waals surface area contributed by atoms with Gasteiger partial charge in [0, 0.05) is 5.39 Å². The van der Waals surface area contributed by atoms with E-state index in [2.05, 4.69) is 15.5 Å². The Morgan fingerprint density at radius 1 is 1.03 bits per heavy atom. The summed E-state index contributed by atoms with van der Waals surface area (Å²) < 4.78 is 38.0. The second kappa shape index (κ2) is 9.94. The Morgan fingerprint density at radius 3 is 2.44 bits per heavy atom. The molecule has 9 nitrogen and oxygen atoms in total. The van der Waals surface area contributed by atoms with Crippen LogP contribution in [0, 0.1) is 6.92 Å². The quantitative estimate of drug-likeness (QED) is 0.196. The molecule has 0 aliphatic carbocycles. The summed E-state index contributed by atoms with van der Waals surface area (Å²) in [5.41, 5.74) is 0.931. The zero-order valence-electron chi connectivity index (χ0n) is 19.1. The maximum atomic E-state index is 13.1. The number of hydrogen-bond acceptors (Lipinski definition) is 7. The maximum absolute atomic E-state index is 13.1. The van der Waals surface area contributed by atoms with Crippen LogP contribution in [0.1, 0.15) is 15.9 Å². The molecular formula is C25H20ClN3O6S. The van der Waals surface area contributed by atoms with E-state index in [-0.39, 0.29) is 22.0 Å². The number of para-hydroxylation sites is 2. The number of ether oxygens (including phenoxy) is 1. The van der Waals surface area contributed by atoms with Crippen LogP contribution in [0.25, 0.3) is 10.8 Å². The van der Waals surface area contributed by atoms with Crippen molar-refractivity contribution in [2.75, 3.05) is 12.4 Å². The number of nitrogens with zero attached hydrogens (tertiary/aromatic N) is 2. The first kappa shape index (κ1) is 25.1. The van der Waals surface area contributed by atoms with E-state index >= 15 is 0 Å². The molecule has 0 heterocycles. The highest BCUT2D eigenvalue weighted by molar-refractivity contribution is 7.86. The largest absolute Gasteiger partial charge is 0.505 e. The summed E-state index contributed by atoms with van der Waals surface area (Å²) in [6.07, 6.45) is 0. The first-order chi connectivity index (χ1) is 17.1. The average Bonchev–Trinajstić information content (AvgIpc) is 2.83. The fourth-order valence-corrected chi connectivity index (χ4v) is 4.66. The van der Waals surface area contributed by atoms with Crippen LogP contribution in [0.15, 0.2) is 81.9 Å². The van der Waals surface area contributed by atoms with Gasteiger partial charge in [-0.25, -0.2) is 0 Å². The molecule has 1 amide bonds. The Kier molecular flexibility index (Phi) is 6.93. The number of nitrogens with one attached hydrogen (secondary N) is 1. The normalized spacial score (nSPS) is 11.7. The Hall–Kier alpha value is -3.99. The van der Waals surface area contributed by atoms with Crippen LogP contribution in [-0.4, -0.2) is 31.1 Å². The molecule has 0 bridgehead atoms. The number of anilines is 1. The first-order valence-corrected chi connectivity index (χ1v) is 12.3. The van der Waals surface area contributed by atoms with Crippen molar-refractivity contribution in [3.8, 4) is 11.5 Å². The summed E-state index contributed by atoms with van der Waals surface area (Å²) >= 11 is 5.95. The number of carbonyl (C=O) groups is 1. The van der Waals surface area contributed by atoms with Crippen molar-refractivity contribution in [3.05, 3.63) is 82.9 Å². The molecule has 0 aliphatic heterocycles. The third-order valence-electron chi connectivity index (χ3n) is 5.38. The predicted octanol–water partition coefficient (Wildman–Crippen LogP) is 6.43. The zero-order valence-corrected chi connectivity index (χ0v) is 20.6. The Balaban J connectivity index is 1.82. The van der Waals surface area contributed by atoms with E-state index in [1.54, 1.807) is 55.5 Å². The number of aryl methyl sites for hydroxylation is 1. The van der Waals surface area contributed by atoms with Crippen LogP contribution in [0.4, 0.5) is 17.1 Å². The van der Waals surface area contributed by atoms with Crippen molar-refractivity contribution in [1.29, 1.82) is 0 Å². The molecule has 0 aliphatic rings. The van der Waals surface area contributed by atoms with Crippen LogP contribution in [0.2, 0.25) is 5.02 Å². The number of rotatable bonds is 6. The smallest absolute Gasteiger partial charge is 0.296 e. The lowest BCUT2D eigenvalue weighted by Crippen LogP contribution is -2.13. The minimum absolute atomic E-state index is 0.000956. The second-order valence-corrected chi connectivity index (χ2v) is 9.54. The van der Waals surface area contributed by atoms with Gasteiger partial charge in [0.2, 0.25) is 0 Å². The highest BCUT2D eigenvalue weighted by Gasteiger charge is 2.20. The van der Waals surface area contributed by atoms with Gasteiger partial charge in [0.25, 0.3) is 16.0 Å². The molecule has 0 saturated carbocycles. The summed E-state index contributed by atoms with van der Waals surface area (Å²) in [5, 5.41) is 22.9. The topological polar surface area (TPSA) is 138 Å². The highest BCUT2D eigenvalue weighted by atomic mass is 35.5. The van der Waals surface area contributed by atoms with Gasteiger partial charge in [-0.2, -0.15) is 13.5 Å². The number of azo groups is 1. The molecule has 0 spiro atoms. The summed E-state index contributed by atoms with van der Waals surface area (Å²) in [6, 6.07) is 17.7. The van der Waals surface area contributed by atoms with Crippen molar-refractivity contribution in [2.45, 2.75) is 11.8 Å². The minimum Gasteiger partial charge on any atom is -0.505 e. The number of phenolic OH excluding ortho intramolecular Hbond substituents is 1. The number of aromatic hydroxyl groups is 1. The monoisotopic (exact) mass is 525 g/mol. The predicted molar refractivity (Wildman–Crippen MR) is 137 cm³/mol. The Bertz CT molecular complexity index is 1640. The van der Waals surface area contributed by atoms with Gasteiger partial charge in [-0.3, -0.25) is 9.35 Å². The molecule has 0 fully saturated rings. The molecule has 36 heavy (non-hydrogen) atoms. The van der Waals surface area contributed by atoms with Gasteiger partial charge in [-0.05, 0) is 48.2 Å². The maximum Gasteiger partial charge on any atom is 0.296 e. The van der Waals surface area contributed by atoms with E-state index in [9.17, 15) is 22.9 Å². The van der Waals surface area contributed by atoms with Crippen molar-refractivity contribution in [2.24, 2.45) is 10.2 Å². The lowest BCUT2D eigenvalue weighted by atomic mass is 10.0. The van der Waals surface area contributed by atoms with Crippen LogP contribution in [-0.2, 0) is 10.1 Å². The van der Waals surface area contributed by atoms with Gasteiger partial charge in [-0.15, -0.1) is 5.11 Å². The number of halogens is 1. The molecule has 0 aromatic heterocycles. The van der Waals surface area contributed by atoms with Gasteiger partial charge in [0.15, 0.2) is 5.75 Å². The number of methoxy groups -OCH3 is 1. The summed E-state index contributed by atoms with van der Waals surface area (Å²) in [7, 11) is -3.12. The molecule has 11 heteroatoms.